The van der Waals surface area contributed by atoms with Crippen LogP contribution < -0.4 is 10.2 Å². The van der Waals surface area contributed by atoms with Gasteiger partial charge in [-0.1, -0.05) is 29.8 Å². The molecule has 0 aromatic heterocycles. The highest BCUT2D eigenvalue weighted by Gasteiger charge is 2.30. The highest BCUT2D eigenvalue weighted by atomic mass is 35.5. The Labute approximate surface area is 154 Å². The molecule has 1 aliphatic heterocycles. The van der Waals surface area contributed by atoms with Gasteiger partial charge in [0.1, 0.15) is 0 Å². The number of anilines is 1. The fourth-order valence-electron chi connectivity index (χ4n) is 3.13. The number of halogens is 1. The number of nitrogens with zero attached hydrogens (tertiary/aromatic N) is 2. The second-order valence-corrected chi connectivity index (χ2v) is 6.54. The normalized spacial score (nSPS) is 15.9. The quantitative estimate of drug-likeness (QED) is 0.661. The van der Waals surface area contributed by atoms with Crippen molar-refractivity contribution in [2.75, 3.05) is 11.4 Å². The van der Waals surface area contributed by atoms with Crippen LogP contribution in [0.15, 0.2) is 42.5 Å². The molecule has 2 aromatic rings. The van der Waals surface area contributed by atoms with Crippen molar-refractivity contribution in [3.63, 3.8) is 0 Å². The maximum absolute atomic E-state index is 13.1. The van der Waals surface area contributed by atoms with E-state index >= 15 is 0 Å². The summed E-state index contributed by atoms with van der Waals surface area (Å²) in [4.78, 5) is 36.5. The van der Waals surface area contributed by atoms with Gasteiger partial charge in [0.15, 0.2) is 0 Å². The van der Waals surface area contributed by atoms with Crippen LogP contribution in [0.2, 0.25) is 5.02 Å². The lowest BCUT2D eigenvalue weighted by Crippen LogP contribution is -2.49. The molecule has 8 heteroatoms. The predicted octanol–water partition coefficient (Wildman–Crippen LogP) is 2.96. The van der Waals surface area contributed by atoms with Gasteiger partial charge in [0.05, 0.1) is 11.0 Å². The molecule has 134 valence electrons. The van der Waals surface area contributed by atoms with E-state index in [1.807, 2.05) is 24.3 Å². The molecule has 1 atom stereocenters. The molecule has 0 aliphatic carbocycles. The number of carbonyl (C=O) groups is 2. The average Bonchev–Trinajstić information content (AvgIpc) is 2.59. The van der Waals surface area contributed by atoms with Crippen molar-refractivity contribution in [2.45, 2.75) is 19.4 Å². The average molecular weight is 374 g/mol. The zero-order valence-corrected chi connectivity index (χ0v) is 14.7. The van der Waals surface area contributed by atoms with Crippen LogP contribution in [0.1, 0.15) is 22.8 Å². The van der Waals surface area contributed by atoms with Gasteiger partial charge in [0.2, 0.25) is 5.91 Å². The second kappa shape index (κ2) is 7.13. The number of hydrogen-bond acceptors (Lipinski definition) is 4. The summed E-state index contributed by atoms with van der Waals surface area (Å²) in [6, 6.07) is 11.0. The maximum Gasteiger partial charge on any atom is 0.271 e. The number of non-ortho nitro benzene ring substituents is 1. The van der Waals surface area contributed by atoms with Crippen molar-refractivity contribution in [1.29, 1.82) is 0 Å². The molecule has 0 fully saturated rings. The lowest BCUT2D eigenvalue weighted by Gasteiger charge is -2.35. The first-order chi connectivity index (χ1) is 12.3. The summed E-state index contributed by atoms with van der Waals surface area (Å²) in [5.74, 6) is -0.585. The molecule has 1 N–H and O–H groups in total. The van der Waals surface area contributed by atoms with Crippen molar-refractivity contribution in [2.24, 2.45) is 0 Å². The first-order valence-corrected chi connectivity index (χ1v) is 8.35. The number of hydrogen-bond donors (Lipinski definition) is 1. The number of nitrogens with one attached hydrogen (secondary N) is 1. The molecule has 0 saturated carbocycles. The Balaban J connectivity index is 2.00. The topological polar surface area (TPSA) is 92.6 Å². The van der Waals surface area contributed by atoms with Gasteiger partial charge in [-0.15, -0.1) is 0 Å². The summed E-state index contributed by atoms with van der Waals surface area (Å²) in [6.45, 7) is 1.70. The zero-order valence-electron chi connectivity index (χ0n) is 13.9. The minimum Gasteiger partial charge on any atom is -0.351 e. The summed E-state index contributed by atoms with van der Waals surface area (Å²) >= 11 is 5.94. The van der Waals surface area contributed by atoms with E-state index in [9.17, 15) is 19.7 Å². The van der Waals surface area contributed by atoms with Crippen molar-refractivity contribution >= 4 is 34.8 Å². The Bertz CT molecular complexity index is 900. The van der Waals surface area contributed by atoms with Gasteiger partial charge in [0, 0.05) is 41.9 Å². The lowest BCUT2D eigenvalue weighted by atomic mass is 9.97. The van der Waals surface area contributed by atoms with Gasteiger partial charge in [-0.2, -0.15) is 0 Å². The van der Waals surface area contributed by atoms with Gasteiger partial charge in [-0.3, -0.25) is 19.7 Å². The molecule has 0 radical (unpaired) electrons. The number of fused-ring (bicyclic) bond motifs is 1. The van der Waals surface area contributed by atoms with Crippen molar-refractivity contribution in [3.8, 4) is 0 Å². The number of nitro groups is 1. The van der Waals surface area contributed by atoms with Crippen LogP contribution in [-0.2, 0) is 11.2 Å². The number of nitro benzene ring substituents is 1. The van der Waals surface area contributed by atoms with Crippen LogP contribution in [0, 0.1) is 10.1 Å². The van der Waals surface area contributed by atoms with Gasteiger partial charge in [-0.25, -0.2) is 0 Å². The molecule has 3 rings (SSSR count). The Morgan fingerprint density at radius 3 is 2.69 bits per heavy atom. The maximum atomic E-state index is 13.1. The minimum atomic E-state index is -0.590. The number of amides is 2. The van der Waals surface area contributed by atoms with Crippen LogP contribution in [0.4, 0.5) is 11.4 Å². The molecule has 26 heavy (non-hydrogen) atoms. The molecule has 2 aromatic carbocycles. The van der Waals surface area contributed by atoms with Crippen LogP contribution in [0.3, 0.4) is 0 Å². The van der Waals surface area contributed by atoms with E-state index in [0.717, 1.165) is 11.3 Å². The van der Waals surface area contributed by atoms with Gasteiger partial charge < -0.3 is 10.2 Å². The molecular formula is C18H16ClN3O4. The molecule has 0 spiro atoms. The highest BCUT2D eigenvalue weighted by Crippen LogP contribution is 2.30. The molecule has 1 unspecified atom stereocenters. The smallest absolute Gasteiger partial charge is 0.271 e. The van der Waals surface area contributed by atoms with E-state index in [1.54, 1.807) is 0 Å². The van der Waals surface area contributed by atoms with E-state index in [4.69, 9.17) is 11.6 Å². The summed E-state index contributed by atoms with van der Waals surface area (Å²) in [5.41, 5.74) is 1.52. The Hall–Kier alpha value is -2.93. The van der Waals surface area contributed by atoms with Gasteiger partial charge >= 0.3 is 0 Å². The molecule has 2 amide bonds. The molecule has 0 bridgehead atoms. The predicted molar refractivity (Wildman–Crippen MR) is 97.5 cm³/mol. The largest absolute Gasteiger partial charge is 0.351 e. The third-order valence-electron chi connectivity index (χ3n) is 4.14. The van der Waals surface area contributed by atoms with E-state index in [0.29, 0.717) is 6.42 Å². The molecule has 0 saturated heterocycles. The Morgan fingerprint density at radius 2 is 2.00 bits per heavy atom. The lowest BCUT2D eigenvalue weighted by molar-refractivity contribution is -0.384. The monoisotopic (exact) mass is 373 g/mol. The van der Waals surface area contributed by atoms with Crippen molar-refractivity contribution in [1.82, 2.24) is 5.32 Å². The first kappa shape index (κ1) is 17.9. The summed E-state index contributed by atoms with van der Waals surface area (Å²) in [7, 11) is 0. The molecule has 7 nitrogen and oxygen atoms in total. The third-order valence-corrected chi connectivity index (χ3v) is 4.36. The van der Waals surface area contributed by atoms with Crippen molar-refractivity contribution < 1.29 is 14.5 Å². The fraction of sp³-hybridized carbons (Fsp3) is 0.222. The van der Waals surface area contributed by atoms with Crippen LogP contribution >= 0.6 is 11.6 Å². The second-order valence-electron chi connectivity index (χ2n) is 6.10. The number of benzene rings is 2. The van der Waals surface area contributed by atoms with E-state index in [-0.39, 0.29) is 34.8 Å². The molecular weight excluding hydrogens is 358 g/mol. The van der Waals surface area contributed by atoms with Gasteiger partial charge in [0.25, 0.3) is 11.6 Å². The summed E-state index contributed by atoms with van der Waals surface area (Å²) in [6.07, 6.45) is 0.606. The number of para-hydroxylation sites is 1. The standard InChI is InChI=1S/C18H16ClN3O4/c1-11(23)20-15-7-12-4-2-3-5-17(12)21(10-15)18(24)13-6-14(19)9-16(8-13)22(25)26/h2-6,8-9,15H,7,10H2,1H3,(H,20,23). The fourth-order valence-corrected chi connectivity index (χ4v) is 3.36. The first-order valence-electron chi connectivity index (χ1n) is 7.97. The zero-order chi connectivity index (χ0) is 18.8. The highest BCUT2D eigenvalue weighted by molar-refractivity contribution is 6.31. The van der Waals surface area contributed by atoms with Crippen molar-refractivity contribution in [3.05, 3.63) is 68.7 Å². The summed E-state index contributed by atoms with van der Waals surface area (Å²) < 4.78 is 0. The van der Waals surface area contributed by atoms with E-state index in [1.165, 1.54) is 30.0 Å². The number of carbonyl (C=O) groups excluding carboxylic acids is 2. The number of rotatable bonds is 3. The SMILES string of the molecule is CC(=O)NC1Cc2ccccc2N(C(=O)c2cc(Cl)cc([N+](=O)[O-])c2)C1. The molecule has 1 aliphatic rings. The minimum absolute atomic E-state index is 0.117. The Kier molecular flexibility index (Phi) is 4.90. The third kappa shape index (κ3) is 3.67. The Morgan fingerprint density at radius 1 is 1.27 bits per heavy atom. The van der Waals surface area contributed by atoms with E-state index < -0.39 is 10.8 Å². The van der Waals surface area contributed by atoms with Crippen LogP contribution in [0.25, 0.3) is 0 Å². The molecule has 1 heterocycles. The van der Waals surface area contributed by atoms with Gasteiger partial charge in [-0.05, 0) is 24.1 Å². The van der Waals surface area contributed by atoms with Crippen LogP contribution in [0.5, 0.6) is 0 Å². The van der Waals surface area contributed by atoms with Crippen LogP contribution in [-0.4, -0.2) is 29.3 Å². The summed E-state index contributed by atoms with van der Waals surface area (Å²) in [5, 5.41) is 14.0. The van der Waals surface area contributed by atoms with E-state index in [2.05, 4.69) is 5.32 Å².